The van der Waals surface area contributed by atoms with Crippen molar-refractivity contribution in [2.75, 3.05) is 28.7 Å². The highest BCUT2D eigenvalue weighted by atomic mass is 35.5. The van der Waals surface area contributed by atoms with Gasteiger partial charge in [0.05, 0.1) is 18.1 Å². The predicted molar refractivity (Wildman–Crippen MR) is 132 cm³/mol. The standard InChI is InChI=1S/C23H20ClFN2O4S2/c1-2-31-23(30)21-18(14-3-5-15(24)6-4-14)11-33-22(21)27-20(29)13-32-12-19(28)26-17-9-7-16(25)8-10-17/h3-11H,2,12-13H2,1H3,(H,26,28)(H,27,29). The van der Waals surface area contributed by atoms with Crippen molar-refractivity contribution in [1.82, 2.24) is 0 Å². The van der Waals surface area contributed by atoms with Gasteiger partial charge in [0.25, 0.3) is 0 Å². The maximum atomic E-state index is 12.9. The van der Waals surface area contributed by atoms with Crippen LogP contribution in [0.15, 0.2) is 53.9 Å². The van der Waals surface area contributed by atoms with E-state index in [4.69, 9.17) is 16.3 Å². The molecular formula is C23H20ClFN2O4S2. The van der Waals surface area contributed by atoms with Crippen molar-refractivity contribution in [2.24, 2.45) is 0 Å². The summed E-state index contributed by atoms with van der Waals surface area (Å²) < 4.78 is 18.1. The fraction of sp³-hybridized carbons (Fsp3) is 0.174. The minimum absolute atomic E-state index is 0.00722. The zero-order valence-corrected chi connectivity index (χ0v) is 19.9. The summed E-state index contributed by atoms with van der Waals surface area (Å²) in [7, 11) is 0. The molecule has 2 N–H and O–H groups in total. The van der Waals surface area contributed by atoms with E-state index in [0.717, 1.165) is 17.3 Å². The summed E-state index contributed by atoms with van der Waals surface area (Å²) in [4.78, 5) is 37.0. The van der Waals surface area contributed by atoms with Crippen molar-refractivity contribution >= 4 is 63.2 Å². The molecule has 0 atom stereocenters. The summed E-state index contributed by atoms with van der Waals surface area (Å²) in [5, 5.41) is 8.09. The lowest BCUT2D eigenvalue weighted by molar-refractivity contribution is -0.114. The van der Waals surface area contributed by atoms with Crippen LogP contribution in [0.1, 0.15) is 17.3 Å². The van der Waals surface area contributed by atoms with Crippen molar-refractivity contribution in [1.29, 1.82) is 0 Å². The van der Waals surface area contributed by atoms with Crippen LogP contribution in [0, 0.1) is 5.82 Å². The lowest BCUT2D eigenvalue weighted by atomic mass is 10.0. The Kier molecular flexibility index (Phi) is 8.87. The van der Waals surface area contributed by atoms with Crippen LogP contribution < -0.4 is 10.6 Å². The van der Waals surface area contributed by atoms with E-state index in [2.05, 4.69) is 10.6 Å². The van der Waals surface area contributed by atoms with Gasteiger partial charge >= 0.3 is 5.97 Å². The molecule has 1 heterocycles. The number of anilines is 2. The quantitative estimate of drug-likeness (QED) is 0.364. The van der Waals surface area contributed by atoms with Crippen LogP contribution in [-0.4, -0.2) is 35.9 Å². The first kappa shape index (κ1) is 24.8. The number of carbonyl (C=O) groups excluding carboxylic acids is 3. The number of halogens is 2. The van der Waals surface area contributed by atoms with Gasteiger partial charge in [-0.3, -0.25) is 9.59 Å². The van der Waals surface area contributed by atoms with Gasteiger partial charge in [0.1, 0.15) is 16.4 Å². The number of thiophene rings is 1. The van der Waals surface area contributed by atoms with Crippen LogP contribution in [-0.2, 0) is 14.3 Å². The normalized spacial score (nSPS) is 10.5. The summed E-state index contributed by atoms with van der Waals surface area (Å²) in [6.45, 7) is 1.90. The smallest absolute Gasteiger partial charge is 0.341 e. The van der Waals surface area contributed by atoms with Crippen LogP contribution in [0.25, 0.3) is 11.1 Å². The van der Waals surface area contributed by atoms with E-state index in [1.807, 2.05) is 0 Å². The molecule has 3 aromatic rings. The molecule has 0 radical (unpaired) electrons. The zero-order chi connectivity index (χ0) is 23.8. The van der Waals surface area contributed by atoms with Gasteiger partial charge in [0, 0.05) is 21.7 Å². The number of esters is 1. The van der Waals surface area contributed by atoms with Crippen LogP contribution in [0.4, 0.5) is 15.1 Å². The second-order valence-corrected chi connectivity index (χ2v) is 8.98. The van der Waals surface area contributed by atoms with Gasteiger partial charge in [0.2, 0.25) is 11.8 Å². The molecule has 10 heteroatoms. The number of carbonyl (C=O) groups is 3. The third kappa shape index (κ3) is 7.05. The van der Waals surface area contributed by atoms with E-state index < -0.39 is 11.8 Å². The number of rotatable bonds is 9. The van der Waals surface area contributed by atoms with E-state index in [-0.39, 0.29) is 35.5 Å². The number of benzene rings is 2. The monoisotopic (exact) mass is 506 g/mol. The molecule has 3 rings (SSSR count). The Balaban J connectivity index is 1.61. The van der Waals surface area contributed by atoms with E-state index in [1.165, 1.54) is 35.6 Å². The highest BCUT2D eigenvalue weighted by molar-refractivity contribution is 8.00. The number of ether oxygens (including phenoxy) is 1. The fourth-order valence-corrected chi connectivity index (χ4v) is 4.54. The zero-order valence-electron chi connectivity index (χ0n) is 17.5. The Labute approximate surface area is 203 Å². The summed E-state index contributed by atoms with van der Waals surface area (Å²) >= 11 is 8.29. The molecule has 0 aliphatic rings. The first-order chi connectivity index (χ1) is 15.9. The Morgan fingerprint density at radius 3 is 2.27 bits per heavy atom. The van der Waals surface area contributed by atoms with E-state index >= 15 is 0 Å². The average Bonchev–Trinajstić information content (AvgIpc) is 3.19. The summed E-state index contributed by atoms with van der Waals surface area (Å²) in [6, 6.07) is 12.4. The van der Waals surface area contributed by atoms with Crippen molar-refractivity contribution in [3.8, 4) is 11.1 Å². The molecule has 2 amide bonds. The lowest BCUT2D eigenvalue weighted by Gasteiger charge is -2.09. The van der Waals surface area contributed by atoms with Gasteiger partial charge in [-0.1, -0.05) is 23.7 Å². The minimum Gasteiger partial charge on any atom is -0.462 e. The maximum Gasteiger partial charge on any atom is 0.341 e. The molecule has 0 bridgehead atoms. The summed E-state index contributed by atoms with van der Waals surface area (Å²) in [5.74, 6) is -1.56. The van der Waals surface area contributed by atoms with Crippen molar-refractivity contribution in [3.05, 3.63) is 70.3 Å². The molecule has 2 aromatic carbocycles. The van der Waals surface area contributed by atoms with Crippen molar-refractivity contribution in [2.45, 2.75) is 6.92 Å². The first-order valence-corrected chi connectivity index (χ1v) is 12.3. The van der Waals surface area contributed by atoms with Gasteiger partial charge in [-0.25, -0.2) is 9.18 Å². The summed E-state index contributed by atoms with van der Waals surface area (Å²) in [6.07, 6.45) is 0. The molecule has 33 heavy (non-hydrogen) atoms. The van der Waals surface area contributed by atoms with E-state index in [0.29, 0.717) is 21.3 Å². The highest BCUT2D eigenvalue weighted by Crippen LogP contribution is 2.36. The second-order valence-electron chi connectivity index (χ2n) is 6.68. The fourth-order valence-electron chi connectivity index (χ4n) is 2.83. The van der Waals surface area contributed by atoms with Gasteiger partial charge in [-0.2, -0.15) is 0 Å². The van der Waals surface area contributed by atoms with E-state index in [1.54, 1.807) is 36.6 Å². The minimum atomic E-state index is -0.537. The highest BCUT2D eigenvalue weighted by Gasteiger charge is 2.23. The third-order valence-corrected chi connectivity index (χ3v) is 6.35. The van der Waals surface area contributed by atoms with Gasteiger partial charge in [-0.05, 0) is 48.9 Å². The Bertz CT molecular complexity index is 1130. The molecule has 0 saturated carbocycles. The van der Waals surface area contributed by atoms with Gasteiger partial charge in [-0.15, -0.1) is 23.1 Å². The molecule has 0 saturated heterocycles. The number of nitrogens with one attached hydrogen (secondary N) is 2. The molecule has 1 aromatic heterocycles. The van der Waals surface area contributed by atoms with Gasteiger partial charge < -0.3 is 15.4 Å². The largest absolute Gasteiger partial charge is 0.462 e. The average molecular weight is 507 g/mol. The van der Waals surface area contributed by atoms with Crippen LogP contribution in [0.5, 0.6) is 0 Å². The molecule has 172 valence electrons. The van der Waals surface area contributed by atoms with Crippen LogP contribution >= 0.6 is 34.7 Å². The SMILES string of the molecule is CCOC(=O)c1c(-c2ccc(Cl)cc2)csc1NC(=O)CSCC(=O)Nc1ccc(F)cc1. The number of thioether (sulfide) groups is 1. The maximum absolute atomic E-state index is 12.9. The topological polar surface area (TPSA) is 84.5 Å². The van der Waals surface area contributed by atoms with Crippen molar-refractivity contribution in [3.63, 3.8) is 0 Å². The molecule has 0 unspecified atom stereocenters. The van der Waals surface area contributed by atoms with Crippen LogP contribution in [0.3, 0.4) is 0 Å². The second kappa shape index (κ2) is 11.8. The number of hydrogen-bond acceptors (Lipinski definition) is 6. The molecule has 0 fully saturated rings. The number of hydrogen-bond donors (Lipinski definition) is 2. The van der Waals surface area contributed by atoms with Crippen LogP contribution in [0.2, 0.25) is 5.02 Å². The predicted octanol–water partition coefficient (Wildman–Crippen LogP) is 5.69. The number of amides is 2. The van der Waals surface area contributed by atoms with E-state index in [9.17, 15) is 18.8 Å². The molecule has 0 aliphatic heterocycles. The summed E-state index contributed by atoms with van der Waals surface area (Å²) in [5.41, 5.74) is 2.15. The first-order valence-electron chi connectivity index (χ1n) is 9.85. The lowest BCUT2D eigenvalue weighted by Crippen LogP contribution is -2.19. The Morgan fingerprint density at radius 2 is 1.64 bits per heavy atom. The molecule has 0 spiro atoms. The Morgan fingerprint density at radius 1 is 1.00 bits per heavy atom. The third-order valence-electron chi connectivity index (χ3n) is 4.27. The molecule has 0 aliphatic carbocycles. The molecule has 6 nitrogen and oxygen atoms in total. The van der Waals surface area contributed by atoms with Crippen molar-refractivity contribution < 1.29 is 23.5 Å². The Hall–Kier alpha value is -2.88. The van der Waals surface area contributed by atoms with Gasteiger partial charge in [0.15, 0.2) is 0 Å². The molecular weight excluding hydrogens is 487 g/mol.